The van der Waals surface area contributed by atoms with E-state index >= 15 is 0 Å². The van der Waals surface area contributed by atoms with E-state index in [0.717, 1.165) is 31.6 Å². The van der Waals surface area contributed by atoms with Crippen LogP contribution in [0, 0.1) is 6.92 Å². The van der Waals surface area contributed by atoms with Crippen LogP contribution in [0.25, 0.3) is 0 Å². The first-order valence-corrected chi connectivity index (χ1v) is 7.88. The first kappa shape index (κ1) is 15.4. The third kappa shape index (κ3) is 4.25. The van der Waals surface area contributed by atoms with Crippen LogP contribution in [0.1, 0.15) is 34.7 Å². The van der Waals surface area contributed by atoms with Gasteiger partial charge < -0.3 is 10.2 Å². The number of likely N-dealkylation sites (N-methyl/N-ethyl adjacent to an activating group) is 1. The van der Waals surface area contributed by atoms with E-state index in [9.17, 15) is 4.79 Å². The van der Waals surface area contributed by atoms with Crippen LogP contribution in [-0.2, 0) is 6.42 Å². The highest BCUT2D eigenvalue weighted by molar-refractivity contribution is 5.93. The van der Waals surface area contributed by atoms with Crippen LogP contribution >= 0.6 is 0 Å². The number of amides is 1. The molecule has 0 aromatic carbocycles. The monoisotopic (exact) mass is 311 g/mol. The maximum Gasteiger partial charge on any atom is 0.270 e. The Morgan fingerprint density at radius 2 is 2.04 bits per heavy atom. The van der Waals surface area contributed by atoms with Crippen LogP contribution in [0.2, 0.25) is 0 Å². The molecule has 0 atom stereocenters. The predicted molar refractivity (Wildman–Crippen MR) is 88.5 cm³/mol. The molecule has 0 saturated heterocycles. The van der Waals surface area contributed by atoms with Crippen LogP contribution in [0.4, 0.5) is 5.82 Å². The van der Waals surface area contributed by atoms with Gasteiger partial charge in [-0.2, -0.15) is 0 Å². The highest BCUT2D eigenvalue weighted by Gasteiger charge is 2.24. The van der Waals surface area contributed by atoms with Gasteiger partial charge >= 0.3 is 0 Å². The smallest absolute Gasteiger partial charge is 0.270 e. The minimum absolute atomic E-state index is 0.109. The second-order valence-electron chi connectivity index (χ2n) is 5.93. The molecule has 0 unspecified atom stereocenters. The number of hydrogen-bond acceptors (Lipinski definition) is 5. The normalized spacial score (nSPS) is 13.7. The molecule has 2 heterocycles. The molecule has 6 nitrogen and oxygen atoms in total. The van der Waals surface area contributed by atoms with Crippen molar-refractivity contribution >= 4 is 11.7 Å². The number of carbonyl (C=O) groups is 1. The summed E-state index contributed by atoms with van der Waals surface area (Å²) in [4.78, 5) is 26.9. The van der Waals surface area contributed by atoms with E-state index in [1.807, 2.05) is 31.0 Å². The molecule has 6 heteroatoms. The van der Waals surface area contributed by atoms with Crippen molar-refractivity contribution in [3.8, 4) is 0 Å². The Balaban J connectivity index is 1.68. The molecule has 1 saturated carbocycles. The Bertz CT molecular complexity index is 685. The van der Waals surface area contributed by atoms with E-state index in [4.69, 9.17) is 0 Å². The largest absolute Gasteiger partial charge is 0.359 e. The summed E-state index contributed by atoms with van der Waals surface area (Å²) >= 11 is 0. The molecule has 0 bridgehead atoms. The summed E-state index contributed by atoms with van der Waals surface area (Å²) in [7, 11) is 1.98. The molecule has 2 aromatic rings. The fourth-order valence-electron chi connectivity index (χ4n) is 2.31. The van der Waals surface area contributed by atoms with Gasteiger partial charge in [0.25, 0.3) is 5.91 Å². The summed E-state index contributed by atoms with van der Waals surface area (Å²) in [6.07, 6.45) is 6.61. The van der Waals surface area contributed by atoms with Crippen molar-refractivity contribution in [1.82, 2.24) is 20.3 Å². The second-order valence-corrected chi connectivity index (χ2v) is 5.93. The van der Waals surface area contributed by atoms with Gasteiger partial charge in [0.05, 0.1) is 0 Å². The third-order valence-corrected chi connectivity index (χ3v) is 3.85. The maximum absolute atomic E-state index is 12.2. The van der Waals surface area contributed by atoms with Crippen molar-refractivity contribution in [2.75, 3.05) is 18.5 Å². The quantitative estimate of drug-likeness (QED) is 0.880. The number of anilines is 1. The number of aromatic nitrogens is 3. The van der Waals surface area contributed by atoms with Crippen molar-refractivity contribution in [1.29, 1.82) is 0 Å². The Morgan fingerprint density at radius 3 is 2.74 bits per heavy atom. The first-order chi connectivity index (χ1) is 11.1. The average molecular weight is 311 g/mol. The van der Waals surface area contributed by atoms with E-state index in [1.54, 1.807) is 18.5 Å². The van der Waals surface area contributed by atoms with E-state index in [-0.39, 0.29) is 5.91 Å². The molecular weight excluding hydrogens is 290 g/mol. The molecule has 0 radical (unpaired) electrons. The van der Waals surface area contributed by atoms with Crippen molar-refractivity contribution < 1.29 is 4.79 Å². The third-order valence-electron chi connectivity index (χ3n) is 3.85. The Kier molecular flexibility index (Phi) is 4.50. The molecule has 1 amide bonds. The second kappa shape index (κ2) is 6.73. The lowest BCUT2D eigenvalue weighted by Gasteiger charge is -2.19. The maximum atomic E-state index is 12.2. The number of nitrogens with zero attached hydrogens (tertiary/aromatic N) is 4. The SMILES string of the molecule is Cc1nc(C(=O)NC2CC2)cc(N(C)CCc2ccncc2)n1. The summed E-state index contributed by atoms with van der Waals surface area (Å²) in [5, 5.41) is 2.97. The highest BCUT2D eigenvalue weighted by atomic mass is 16.2. The van der Waals surface area contributed by atoms with Gasteiger partial charge in [-0.25, -0.2) is 9.97 Å². The van der Waals surface area contributed by atoms with Gasteiger partial charge in [0.1, 0.15) is 17.3 Å². The number of hydrogen-bond donors (Lipinski definition) is 1. The number of rotatable bonds is 6. The van der Waals surface area contributed by atoms with Gasteiger partial charge in [-0.05, 0) is 43.9 Å². The Morgan fingerprint density at radius 1 is 1.30 bits per heavy atom. The molecule has 1 aliphatic carbocycles. The molecule has 1 N–H and O–H groups in total. The molecule has 23 heavy (non-hydrogen) atoms. The fourth-order valence-corrected chi connectivity index (χ4v) is 2.31. The first-order valence-electron chi connectivity index (χ1n) is 7.88. The van der Waals surface area contributed by atoms with Crippen molar-refractivity contribution in [2.45, 2.75) is 32.2 Å². The van der Waals surface area contributed by atoms with Crippen LogP contribution in [0.15, 0.2) is 30.6 Å². The summed E-state index contributed by atoms with van der Waals surface area (Å²) < 4.78 is 0. The summed E-state index contributed by atoms with van der Waals surface area (Å²) in [5.74, 6) is 1.27. The van der Waals surface area contributed by atoms with Crippen molar-refractivity contribution in [3.05, 3.63) is 47.7 Å². The summed E-state index contributed by atoms with van der Waals surface area (Å²) in [6.45, 7) is 2.62. The zero-order chi connectivity index (χ0) is 16.2. The molecule has 2 aromatic heterocycles. The lowest BCUT2D eigenvalue weighted by molar-refractivity contribution is 0.0945. The van der Waals surface area contributed by atoms with Gasteiger partial charge in [-0.3, -0.25) is 9.78 Å². The summed E-state index contributed by atoms with van der Waals surface area (Å²) in [6, 6.07) is 6.10. The van der Waals surface area contributed by atoms with Crippen molar-refractivity contribution in [3.63, 3.8) is 0 Å². The molecule has 1 fully saturated rings. The standard InChI is InChI=1S/C17H21N5O/c1-12-19-15(17(23)21-14-3-4-14)11-16(20-12)22(2)10-7-13-5-8-18-9-6-13/h5-6,8-9,11,14H,3-4,7,10H2,1-2H3,(H,21,23). The zero-order valence-corrected chi connectivity index (χ0v) is 13.5. The number of nitrogens with one attached hydrogen (secondary N) is 1. The van der Waals surface area contributed by atoms with E-state index in [2.05, 4.69) is 20.3 Å². The fraction of sp³-hybridized carbons (Fsp3) is 0.412. The minimum atomic E-state index is -0.109. The van der Waals surface area contributed by atoms with Crippen LogP contribution in [-0.4, -0.2) is 40.5 Å². The highest BCUT2D eigenvalue weighted by Crippen LogP contribution is 2.20. The lowest BCUT2D eigenvalue weighted by atomic mass is 10.2. The van der Waals surface area contributed by atoms with Gasteiger partial charge in [0.15, 0.2) is 0 Å². The lowest BCUT2D eigenvalue weighted by Crippen LogP contribution is -2.28. The van der Waals surface area contributed by atoms with Crippen LogP contribution in [0.3, 0.4) is 0 Å². The van der Waals surface area contributed by atoms with E-state index in [1.165, 1.54) is 5.56 Å². The van der Waals surface area contributed by atoms with Gasteiger partial charge in [0.2, 0.25) is 0 Å². The van der Waals surface area contributed by atoms with Gasteiger partial charge in [0, 0.05) is 38.1 Å². The number of pyridine rings is 1. The zero-order valence-electron chi connectivity index (χ0n) is 13.5. The molecule has 3 rings (SSSR count). The average Bonchev–Trinajstić information content (AvgIpc) is 3.37. The number of carbonyl (C=O) groups excluding carboxylic acids is 1. The molecule has 120 valence electrons. The number of aryl methyl sites for hydroxylation is 1. The molecule has 1 aliphatic rings. The Hall–Kier alpha value is -2.50. The predicted octanol–water partition coefficient (Wildman–Crippen LogP) is 1.75. The Labute approximate surface area is 136 Å². The molecular formula is C17H21N5O. The van der Waals surface area contributed by atoms with Crippen molar-refractivity contribution in [2.24, 2.45) is 0 Å². The minimum Gasteiger partial charge on any atom is -0.359 e. The van der Waals surface area contributed by atoms with Crippen LogP contribution < -0.4 is 10.2 Å². The summed E-state index contributed by atoms with van der Waals surface area (Å²) in [5.41, 5.74) is 1.67. The van der Waals surface area contributed by atoms with Crippen LogP contribution in [0.5, 0.6) is 0 Å². The van der Waals surface area contributed by atoms with E-state index < -0.39 is 0 Å². The van der Waals surface area contributed by atoms with Gasteiger partial charge in [-0.1, -0.05) is 0 Å². The molecule has 0 aliphatic heterocycles. The molecule has 0 spiro atoms. The van der Waals surface area contributed by atoms with E-state index in [0.29, 0.717) is 17.6 Å². The topological polar surface area (TPSA) is 71.0 Å². The van der Waals surface area contributed by atoms with Gasteiger partial charge in [-0.15, -0.1) is 0 Å².